The van der Waals surface area contributed by atoms with E-state index < -0.39 is 11.9 Å². The van der Waals surface area contributed by atoms with E-state index in [-0.39, 0.29) is 5.82 Å². The van der Waals surface area contributed by atoms with Gasteiger partial charge >= 0.3 is 6.18 Å². The molecule has 0 fully saturated rings. The van der Waals surface area contributed by atoms with Gasteiger partial charge < -0.3 is 9.30 Å². The van der Waals surface area contributed by atoms with Gasteiger partial charge in [-0.25, -0.2) is 24.6 Å². The summed E-state index contributed by atoms with van der Waals surface area (Å²) in [6.07, 6.45) is 1.55. The molecule has 0 unspecified atom stereocenters. The molecule has 0 aliphatic carbocycles. The van der Waals surface area contributed by atoms with Crippen LogP contribution in [0.3, 0.4) is 0 Å². The van der Waals surface area contributed by atoms with Crippen LogP contribution in [0.15, 0.2) is 55.1 Å². The maximum Gasteiger partial charge on any atom is 0.434 e. The molecule has 8 nitrogen and oxygen atoms in total. The molecule has 0 aliphatic rings. The Hall–Kier alpha value is -4.28. The first-order valence-corrected chi connectivity index (χ1v) is 10.6. The molecule has 5 rings (SSSR count). The van der Waals surface area contributed by atoms with Crippen molar-refractivity contribution in [3.63, 3.8) is 0 Å². The first kappa shape index (κ1) is 22.5. The van der Waals surface area contributed by atoms with Crippen LogP contribution in [0.1, 0.15) is 16.8 Å². The summed E-state index contributed by atoms with van der Waals surface area (Å²) in [5.41, 5.74) is 2.85. The summed E-state index contributed by atoms with van der Waals surface area (Å²) in [7, 11) is 3.09. The number of hydrogen-bond donors (Lipinski definition) is 0. The van der Waals surface area contributed by atoms with E-state index in [1.807, 2.05) is 25.1 Å². The molecule has 0 N–H and O–H groups in total. The number of halogens is 3. The van der Waals surface area contributed by atoms with E-state index in [4.69, 9.17) is 9.72 Å². The average Bonchev–Trinajstić information content (AvgIpc) is 3.42. The summed E-state index contributed by atoms with van der Waals surface area (Å²) in [6.45, 7) is 2.35. The number of methoxy groups -OCH3 is 1. The molecule has 11 heteroatoms. The SMILES string of the molecule is COc1nccc(C)c1-c1ncc2cnn(Cc3ccc(-c4nc(C(F)(F)F)cn4C)cc3)c2n1. The van der Waals surface area contributed by atoms with Crippen molar-refractivity contribution in [3.8, 4) is 28.7 Å². The van der Waals surface area contributed by atoms with Crippen LogP contribution in [-0.4, -0.2) is 41.4 Å². The van der Waals surface area contributed by atoms with Crippen molar-refractivity contribution in [2.24, 2.45) is 7.05 Å². The Morgan fingerprint density at radius 3 is 2.46 bits per heavy atom. The number of benzene rings is 1. The Bertz CT molecular complexity index is 1520. The van der Waals surface area contributed by atoms with E-state index in [1.165, 1.54) is 11.6 Å². The van der Waals surface area contributed by atoms with Crippen LogP contribution < -0.4 is 4.74 Å². The van der Waals surface area contributed by atoms with Crippen molar-refractivity contribution in [1.29, 1.82) is 0 Å². The average molecular weight is 479 g/mol. The third-order valence-corrected chi connectivity index (χ3v) is 5.63. The lowest BCUT2D eigenvalue weighted by Crippen LogP contribution is -2.05. The quantitative estimate of drug-likeness (QED) is 0.364. The molecule has 0 aliphatic heterocycles. The number of imidazole rings is 1. The second-order valence-electron chi connectivity index (χ2n) is 8.04. The standard InChI is InChI=1S/C24H20F3N7O/c1-14-8-9-28-23(35-3)19(14)20-29-10-17-11-30-34(22(17)32-20)12-15-4-6-16(7-5-15)21-31-18(13-33(21)2)24(25,26)27/h4-11,13H,12H2,1-3H3. The van der Waals surface area contributed by atoms with Crippen LogP contribution in [0.2, 0.25) is 0 Å². The summed E-state index contributed by atoms with van der Waals surface area (Å²) >= 11 is 0. The lowest BCUT2D eigenvalue weighted by molar-refractivity contribution is -0.140. The number of nitrogens with zero attached hydrogens (tertiary/aromatic N) is 7. The fourth-order valence-electron chi connectivity index (χ4n) is 3.87. The van der Waals surface area contributed by atoms with Crippen LogP contribution in [0.25, 0.3) is 33.8 Å². The second-order valence-corrected chi connectivity index (χ2v) is 8.04. The predicted molar refractivity (Wildman–Crippen MR) is 123 cm³/mol. The molecule has 4 heterocycles. The predicted octanol–water partition coefficient (Wildman–Crippen LogP) is 4.67. The number of ether oxygens (including phenoxy) is 1. The highest BCUT2D eigenvalue weighted by Gasteiger charge is 2.34. The van der Waals surface area contributed by atoms with E-state index in [2.05, 4.69) is 20.1 Å². The molecule has 5 aromatic rings. The van der Waals surface area contributed by atoms with Crippen molar-refractivity contribution in [2.45, 2.75) is 19.6 Å². The van der Waals surface area contributed by atoms with Gasteiger partial charge in [-0.05, 0) is 24.1 Å². The van der Waals surface area contributed by atoms with Gasteiger partial charge in [-0.1, -0.05) is 24.3 Å². The lowest BCUT2D eigenvalue weighted by atomic mass is 10.1. The number of pyridine rings is 1. The molecule has 1 aromatic carbocycles. The van der Waals surface area contributed by atoms with Crippen LogP contribution in [0, 0.1) is 6.92 Å². The van der Waals surface area contributed by atoms with Crippen LogP contribution in [0.5, 0.6) is 5.88 Å². The normalized spacial score (nSPS) is 11.8. The van der Waals surface area contributed by atoms with Gasteiger partial charge in [0.25, 0.3) is 0 Å². The van der Waals surface area contributed by atoms with Gasteiger partial charge in [-0.2, -0.15) is 18.3 Å². The van der Waals surface area contributed by atoms with E-state index in [0.29, 0.717) is 35.0 Å². The molecule has 0 radical (unpaired) electrons. The van der Waals surface area contributed by atoms with Gasteiger partial charge in [0.15, 0.2) is 17.2 Å². The highest BCUT2D eigenvalue weighted by molar-refractivity contribution is 5.77. The zero-order valence-electron chi connectivity index (χ0n) is 19.1. The van der Waals surface area contributed by atoms with E-state index in [0.717, 1.165) is 22.7 Å². The molecule has 35 heavy (non-hydrogen) atoms. The van der Waals surface area contributed by atoms with Gasteiger partial charge in [-0.15, -0.1) is 0 Å². The number of aryl methyl sites for hydroxylation is 2. The maximum absolute atomic E-state index is 13.0. The topological polar surface area (TPSA) is 83.5 Å². The van der Waals surface area contributed by atoms with Gasteiger partial charge in [-0.3, -0.25) is 0 Å². The summed E-state index contributed by atoms with van der Waals surface area (Å²) in [5.74, 6) is 1.16. The van der Waals surface area contributed by atoms with E-state index in [9.17, 15) is 13.2 Å². The Morgan fingerprint density at radius 2 is 1.77 bits per heavy atom. The third-order valence-electron chi connectivity index (χ3n) is 5.63. The Labute approximate surface area is 198 Å². The summed E-state index contributed by atoms with van der Waals surface area (Å²) < 4.78 is 47.5. The fraction of sp³-hybridized carbons (Fsp3) is 0.208. The number of fused-ring (bicyclic) bond motifs is 1. The molecule has 0 saturated heterocycles. The Balaban J connectivity index is 1.45. The molecule has 0 spiro atoms. The molecule has 0 atom stereocenters. The van der Waals surface area contributed by atoms with E-state index >= 15 is 0 Å². The Kier molecular flexibility index (Phi) is 5.46. The van der Waals surface area contributed by atoms with Gasteiger partial charge in [0, 0.05) is 31.2 Å². The lowest BCUT2D eigenvalue weighted by Gasteiger charge is -2.10. The van der Waals surface area contributed by atoms with Crippen molar-refractivity contribution in [3.05, 3.63) is 71.9 Å². The third kappa shape index (κ3) is 4.20. The van der Waals surface area contributed by atoms with E-state index in [1.54, 1.807) is 42.5 Å². The van der Waals surface area contributed by atoms with Crippen molar-refractivity contribution < 1.29 is 17.9 Å². The molecule has 0 bridgehead atoms. The first-order chi connectivity index (χ1) is 16.7. The number of aromatic nitrogens is 7. The minimum Gasteiger partial charge on any atom is -0.480 e. The monoisotopic (exact) mass is 479 g/mol. The van der Waals surface area contributed by atoms with Crippen LogP contribution >= 0.6 is 0 Å². The molecular weight excluding hydrogens is 459 g/mol. The van der Waals surface area contributed by atoms with Crippen molar-refractivity contribution >= 4 is 11.0 Å². The minimum absolute atomic E-state index is 0.242. The highest BCUT2D eigenvalue weighted by atomic mass is 19.4. The summed E-state index contributed by atoms with van der Waals surface area (Å²) in [5, 5.41) is 5.22. The fourth-order valence-corrected chi connectivity index (χ4v) is 3.87. The summed E-state index contributed by atoms with van der Waals surface area (Å²) in [4.78, 5) is 17.2. The number of hydrogen-bond acceptors (Lipinski definition) is 6. The molecule has 0 amide bonds. The zero-order valence-corrected chi connectivity index (χ0v) is 19.1. The molecule has 0 saturated carbocycles. The zero-order chi connectivity index (χ0) is 24.7. The van der Waals surface area contributed by atoms with Gasteiger partial charge in [0.2, 0.25) is 5.88 Å². The first-order valence-electron chi connectivity index (χ1n) is 10.6. The minimum atomic E-state index is -4.49. The van der Waals surface area contributed by atoms with Crippen LogP contribution in [0.4, 0.5) is 13.2 Å². The van der Waals surface area contributed by atoms with Gasteiger partial charge in [0.05, 0.1) is 30.8 Å². The van der Waals surface area contributed by atoms with Crippen molar-refractivity contribution in [1.82, 2.24) is 34.3 Å². The number of alkyl halides is 3. The highest BCUT2D eigenvalue weighted by Crippen LogP contribution is 2.31. The Morgan fingerprint density at radius 1 is 1.00 bits per heavy atom. The largest absolute Gasteiger partial charge is 0.480 e. The summed E-state index contributed by atoms with van der Waals surface area (Å²) in [6, 6.07) is 9.02. The van der Waals surface area contributed by atoms with Gasteiger partial charge in [0.1, 0.15) is 5.82 Å². The smallest absolute Gasteiger partial charge is 0.434 e. The maximum atomic E-state index is 13.0. The second kappa shape index (κ2) is 8.49. The van der Waals surface area contributed by atoms with Crippen LogP contribution in [-0.2, 0) is 19.8 Å². The molecular formula is C24H20F3N7O. The molecule has 178 valence electrons. The van der Waals surface area contributed by atoms with Crippen molar-refractivity contribution in [2.75, 3.05) is 7.11 Å². The number of rotatable bonds is 5. The molecule has 4 aromatic heterocycles.